The molecule has 0 N–H and O–H groups in total. The number of rotatable bonds is 6. The lowest BCUT2D eigenvalue weighted by Crippen LogP contribution is -2.07. The summed E-state index contributed by atoms with van der Waals surface area (Å²) in [4.78, 5) is 4.61. The summed E-state index contributed by atoms with van der Waals surface area (Å²) in [6.45, 7) is 7.44. The molecule has 2 nitrogen and oxygen atoms in total. The SMILES string of the molecule is C=CCSC1=NCC(c2ccc(OCCC)cc2)C=C1. The Balaban J connectivity index is 1.92. The number of nitrogens with zero attached hydrogens (tertiary/aromatic N) is 1. The van der Waals surface area contributed by atoms with Gasteiger partial charge in [-0.05, 0) is 30.2 Å². The van der Waals surface area contributed by atoms with Crippen molar-refractivity contribution in [3.63, 3.8) is 0 Å². The molecule has 0 spiro atoms. The van der Waals surface area contributed by atoms with E-state index in [1.165, 1.54) is 5.56 Å². The topological polar surface area (TPSA) is 21.6 Å². The normalized spacial score (nSPS) is 17.6. The summed E-state index contributed by atoms with van der Waals surface area (Å²) >= 11 is 1.73. The molecule has 3 heteroatoms. The predicted octanol–water partition coefficient (Wildman–Crippen LogP) is 4.45. The first kappa shape index (κ1) is 14.9. The van der Waals surface area contributed by atoms with Gasteiger partial charge in [-0.2, -0.15) is 0 Å². The first-order chi connectivity index (χ1) is 9.83. The van der Waals surface area contributed by atoms with Crippen LogP contribution in [0, 0.1) is 0 Å². The standard InChI is InChI=1S/C17H21NOS/c1-3-11-19-16-8-5-14(6-9-16)15-7-10-17(18-13-15)20-12-4-2/h4-10,15H,2-3,11-13H2,1H3. The summed E-state index contributed by atoms with van der Waals surface area (Å²) in [6, 6.07) is 8.36. The van der Waals surface area contributed by atoms with E-state index in [1.807, 2.05) is 18.2 Å². The van der Waals surface area contributed by atoms with Crippen molar-refractivity contribution in [3.8, 4) is 5.75 Å². The van der Waals surface area contributed by atoms with Gasteiger partial charge in [-0.15, -0.1) is 18.3 Å². The van der Waals surface area contributed by atoms with Crippen LogP contribution in [0.25, 0.3) is 0 Å². The highest BCUT2D eigenvalue weighted by Gasteiger charge is 2.12. The van der Waals surface area contributed by atoms with Crippen LogP contribution >= 0.6 is 11.8 Å². The molecule has 1 aromatic carbocycles. The van der Waals surface area contributed by atoms with Crippen LogP contribution in [0.15, 0.2) is 54.1 Å². The summed E-state index contributed by atoms with van der Waals surface area (Å²) < 4.78 is 5.60. The molecule has 0 saturated carbocycles. The number of benzene rings is 1. The van der Waals surface area contributed by atoms with Gasteiger partial charge in [0.05, 0.1) is 18.2 Å². The van der Waals surface area contributed by atoms with Crippen molar-refractivity contribution >= 4 is 16.8 Å². The summed E-state index contributed by atoms with van der Waals surface area (Å²) in [5.41, 5.74) is 1.29. The zero-order valence-electron chi connectivity index (χ0n) is 11.9. The average molecular weight is 287 g/mol. The van der Waals surface area contributed by atoms with Crippen LogP contribution < -0.4 is 4.74 Å². The molecule has 0 fully saturated rings. The van der Waals surface area contributed by atoms with Gasteiger partial charge >= 0.3 is 0 Å². The van der Waals surface area contributed by atoms with Gasteiger partial charge in [0.1, 0.15) is 5.75 Å². The Labute approximate surface area is 125 Å². The monoisotopic (exact) mass is 287 g/mol. The zero-order valence-corrected chi connectivity index (χ0v) is 12.7. The second-order valence-electron chi connectivity index (χ2n) is 4.66. The highest BCUT2D eigenvalue weighted by atomic mass is 32.2. The van der Waals surface area contributed by atoms with Gasteiger partial charge in [0, 0.05) is 11.7 Å². The summed E-state index contributed by atoms with van der Waals surface area (Å²) in [6.07, 6.45) is 7.29. The van der Waals surface area contributed by atoms with E-state index >= 15 is 0 Å². The first-order valence-electron chi connectivity index (χ1n) is 7.02. The van der Waals surface area contributed by atoms with Crippen LogP contribution in [-0.2, 0) is 0 Å². The Bertz CT molecular complexity index is 490. The Kier molecular flexibility index (Phi) is 5.93. The van der Waals surface area contributed by atoms with Gasteiger partial charge in [0.25, 0.3) is 0 Å². The highest BCUT2D eigenvalue weighted by molar-refractivity contribution is 8.14. The van der Waals surface area contributed by atoms with Gasteiger partial charge in [-0.25, -0.2) is 0 Å². The third-order valence-electron chi connectivity index (χ3n) is 3.05. The van der Waals surface area contributed by atoms with Crippen molar-refractivity contribution in [2.24, 2.45) is 4.99 Å². The molecule has 0 radical (unpaired) electrons. The molecule has 1 aliphatic heterocycles. The van der Waals surface area contributed by atoms with E-state index in [1.54, 1.807) is 11.8 Å². The van der Waals surface area contributed by atoms with Crippen LogP contribution in [0.3, 0.4) is 0 Å². The minimum absolute atomic E-state index is 0.378. The summed E-state index contributed by atoms with van der Waals surface area (Å²) in [5.74, 6) is 2.24. The van der Waals surface area contributed by atoms with Gasteiger partial charge < -0.3 is 4.74 Å². The molecule has 1 unspecified atom stereocenters. The summed E-state index contributed by atoms with van der Waals surface area (Å²) in [7, 11) is 0. The molecule has 0 saturated heterocycles. The molecule has 0 bridgehead atoms. The third kappa shape index (κ3) is 4.27. The molecule has 0 aromatic heterocycles. The number of thioether (sulfide) groups is 1. The number of hydrogen-bond acceptors (Lipinski definition) is 3. The van der Waals surface area contributed by atoms with Crippen LogP contribution in [0.2, 0.25) is 0 Å². The van der Waals surface area contributed by atoms with Crippen LogP contribution in [0.1, 0.15) is 24.8 Å². The van der Waals surface area contributed by atoms with E-state index in [-0.39, 0.29) is 0 Å². The lowest BCUT2D eigenvalue weighted by atomic mass is 9.97. The molecule has 1 aromatic rings. The number of hydrogen-bond donors (Lipinski definition) is 0. The van der Waals surface area contributed by atoms with Crippen molar-refractivity contribution in [1.29, 1.82) is 0 Å². The van der Waals surface area contributed by atoms with E-state index in [9.17, 15) is 0 Å². The van der Waals surface area contributed by atoms with E-state index in [4.69, 9.17) is 4.74 Å². The smallest absolute Gasteiger partial charge is 0.119 e. The predicted molar refractivity (Wildman–Crippen MR) is 89.1 cm³/mol. The molecule has 2 rings (SSSR count). The largest absolute Gasteiger partial charge is 0.494 e. The molecule has 0 amide bonds. The van der Waals surface area contributed by atoms with E-state index in [0.29, 0.717) is 5.92 Å². The van der Waals surface area contributed by atoms with Gasteiger partial charge in [-0.3, -0.25) is 4.99 Å². The fraction of sp³-hybridized carbons (Fsp3) is 0.353. The maximum absolute atomic E-state index is 5.60. The van der Waals surface area contributed by atoms with Crippen molar-refractivity contribution in [1.82, 2.24) is 0 Å². The molecule has 1 aliphatic rings. The zero-order chi connectivity index (χ0) is 14.2. The summed E-state index contributed by atoms with van der Waals surface area (Å²) in [5, 5.41) is 1.10. The highest BCUT2D eigenvalue weighted by Crippen LogP contribution is 2.25. The minimum atomic E-state index is 0.378. The average Bonchev–Trinajstić information content (AvgIpc) is 2.52. The molecule has 20 heavy (non-hydrogen) atoms. The molecule has 0 aliphatic carbocycles. The van der Waals surface area contributed by atoms with Crippen molar-refractivity contribution in [3.05, 3.63) is 54.6 Å². The van der Waals surface area contributed by atoms with Gasteiger partial charge in [0.15, 0.2) is 0 Å². The van der Waals surface area contributed by atoms with Crippen molar-refractivity contribution in [2.45, 2.75) is 19.3 Å². The molecular formula is C17H21NOS. The molecular weight excluding hydrogens is 266 g/mol. The van der Waals surface area contributed by atoms with Gasteiger partial charge in [0.2, 0.25) is 0 Å². The third-order valence-corrected chi connectivity index (χ3v) is 4.01. The molecule has 1 heterocycles. The first-order valence-corrected chi connectivity index (χ1v) is 8.01. The van der Waals surface area contributed by atoms with Crippen LogP contribution in [0.5, 0.6) is 5.75 Å². The number of ether oxygens (including phenoxy) is 1. The molecule has 106 valence electrons. The second kappa shape index (κ2) is 7.95. The minimum Gasteiger partial charge on any atom is -0.494 e. The molecule has 1 atom stereocenters. The number of aliphatic imine (C=N–C) groups is 1. The Morgan fingerprint density at radius 2 is 2.20 bits per heavy atom. The second-order valence-corrected chi connectivity index (χ2v) is 5.70. The fourth-order valence-corrected chi connectivity index (χ4v) is 2.62. The maximum Gasteiger partial charge on any atom is 0.119 e. The van der Waals surface area contributed by atoms with E-state index < -0.39 is 0 Å². The van der Waals surface area contributed by atoms with Gasteiger partial charge in [-0.1, -0.05) is 31.2 Å². The van der Waals surface area contributed by atoms with Crippen LogP contribution in [0.4, 0.5) is 0 Å². The quantitative estimate of drug-likeness (QED) is 0.721. The van der Waals surface area contributed by atoms with E-state index in [2.05, 4.69) is 42.8 Å². The van der Waals surface area contributed by atoms with Crippen LogP contribution in [-0.4, -0.2) is 23.9 Å². The van der Waals surface area contributed by atoms with E-state index in [0.717, 1.165) is 36.1 Å². The fourth-order valence-electron chi connectivity index (χ4n) is 1.99. The van der Waals surface area contributed by atoms with Crippen molar-refractivity contribution in [2.75, 3.05) is 18.9 Å². The Morgan fingerprint density at radius 3 is 2.80 bits per heavy atom. The Hall–Kier alpha value is -1.48. The number of dihydropyridines is 1. The lowest BCUT2D eigenvalue weighted by Gasteiger charge is -2.16. The van der Waals surface area contributed by atoms with Crippen molar-refractivity contribution < 1.29 is 4.74 Å². The Morgan fingerprint density at radius 1 is 1.40 bits per heavy atom. The maximum atomic E-state index is 5.60. The lowest BCUT2D eigenvalue weighted by molar-refractivity contribution is 0.317.